The molecule has 0 saturated carbocycles. The lowest BCUT2D eigenvalue weighted by atomic mass is 9.93. The molecule has 0 aliphatic heterocycles. The molecule has 0 bridgehead atoms. The van der Waals surface area contributed by atoms with E-state index in [1.807, 2.05) is 19.2 Å². The van der Waals surface area contributed by atoms with Gasteiger partial charge in [0, 0.05) is 12.1 Å². The molecule has 0 heterocycles. The Kier molecular flexibility index (Phi) is 4.01. The third-order valence-corrected chi connectivity index (χ3v) is 3.38. The Bertz CT molecular complexity index is 579. The van der Waals surface area contributed by atoms with E-state index < -0.39 is 0 Å². The van der Waals surface area contributed by atoms with Crippen LogP contribution in [-0.4, -0.2) is 7.05 Å². The zero-order chi connectivity index (χ0) is 14.0. The maximum Gasteiger partial charge on any atom is 0.127 e. The zero-order valence-corrected chi connectivity index (χ0v) is 12.0. The molecule has 1 nitrogen and oxygen atoms in total. The van der Waals surface area contributed by atoms with Gasteiger partial charge in [-0.25, -0.2) is 4.39 Å². The number of hydrogen-bond donors (Lipinski definition) is 1. The predicted octanol–water partition coefficient (Wildman–Crippen LogP) is 4.14. The SMILES string of the molecule is CNCc1cc(-c2c(C)cc(C)cc2C)ccc1F. The minimum atomic E-state index is -0.152. The molecule has 0 saturated heterocycles. The van der Waals surface area contributed by atoms with Gasteiger partial charge in [0.05, 0.1) is 0 Å². The van der Waals surface area contributed by atoms with Crippen LogP contribution in [0, 0.1) is 26.6 Å². The van der Waals surface area contributed by atoms with E-state index in [0.717, 1.165) is 5.56 Å². The number of aryl methyl sites for hydroxylation is 3. The largest absolute Gasteiger partial charge is 0.316 e. The zero-order valence-electron chi connectivity index (χ0n) is 12.0. The second kappa shape index (κ2) is 5.54. The molecule has 100 valence electrons. The predicted molar refractivity (Wildman–Crippen MR) is 78.8 cm³/mol. The first-order chi connectivity index (χ1) is 9.02. The summed E-state index contributed by atoms with van der Waals surface area (Å²) in [6.07, 6.45) is 0. The number of nitrogens with one attached hydrogen (secondary N) is 1. The molecule has 0 fully saturated rings. The van der Waals surface area contributed by atoms with E-state index in [0.29, 0.717) is 12.1 Å². The molecule has 0 aromatic heterocycles. The van der Waals surface area contributed by atoms with Crippen molar-refractivity contribution in [3.63, 3.8) is 0 Å². The highest BCUT2D eigenvalue weighted by atomic mass is 19.1. The molecule has 0 spiro atoms. The summed E-state index contributed by atoms with van der Waals surface area (Å²) in [5, 5.41) is 3.00. The van der Waals surface area contributed by atoms with Crippen molar-refractivity contribution in [1.82, 2.24) is 5.32 Å². The van der Waals surface area contributed by atoms with E-state index in [4.69, 9.17) is 0 Å². The third-order valence-electron chi connectivity index (χ3n) is 3.38. The van der Waals surface area contributed by atoms with Crippen LogP contribution in [0.5, 0.6) is 0 Å². The highest BCUT2D eigenvalue weighted by molar-refractivity contribution is 5.71. The first kappa shape index (κ1) is 13.8. The van der Waals surface area contributed by atoms with Crippen molar-refractivity contribution in [2.24, 2.45) is 0 Å². The molecule has 0 unspecified atom stereocenters. The van der Waals surface area contributed by atoms with Crippen LogP contribution in [0.4, 0.5) is 4.39 Å². The lowest BCUT2D eigenvalue weighted by Crippen LogP contribution is -2.07. The van der Waals surface area contributed by atoms with Crippen molar-refractivity contribution in [3.05, 3.63) is 58.4 Å². The number of rotatable bonds is 3. The van der Waals surface area contributed by atoms with Crippen LogP contribution in [0.2, 0.25) is 0 Å². The lowest BCUT2D eigenvalue weighted by molar-refractivity contribution is 0.601. The average Bonchev–Trinajstić information content (AvgIpc) is 2.32. The van der Waals surface area contributed by atoms with Gasteiger partial charge in [-0.1, -0.05) is 23.8 Å². The maximum atomic E-state index is 13.7. The number of halogens is 1. The fourth-order valence-corrected chi connectivity index (χ4v) is 2.69. The summed E-state index contributed by atoms with van der Waals surface area (Å²) >= 11 is 0. The summed E-state index contributed by atoms with van der Waals surface area (Å²) in [6.45, 7) is 6.86. The Morgan fingerprint density at radius 1 is 1.00 bits per heavy atom. The van der Waals surface area contributed by atoms with Gasteiger partial charge in [0.1, 0.15) is 5.82 Å². The molecule has 1 N–H and O–H groups in total. The Morgan fingerprint density at radius 3 is 2.21 bits per heavy atom. The Morgan fingerprint density at radius 2 is 1.63 bits per heavy atom. The van der Waals surface area contributed by atoms with Crippen molar-refractivity contribution in [2.75, 3.05) is 7.05 Å². The van der Waals surface area contributed by atoms with Crippen LogP contribution < -0.4 is 5.32 Å². The van der Waals surface area contributed by atoms with E-state index >= 15 is 0 Å². The second-order valence-electron chi connectivity index (χ2n) is 5.11. The van der Waals surface area contributed by atoms with Crippen LogP contribution >= 0.6 is 0 Å². The van der Waals surface area contributed by atoms with E-state index in [1.165, 1.54) is 22.3 Å². The molecule has 2 aromatic carbocycles. The topological polar surface area (TPSA) is 12.0 Å². The summed E-state index contributed by atoms with van der Waals surface area (Å²) in [5.41, 5.74) is 6.74. The summed E-state index contributed by atoms with van der Waals surface area (Å²) in [5.74, 6) is -0.152. The monoisotopic (exact) mass is 257 g/mol. The van der Waals surface area contributed by atoms with Gasteiger partial charge in [0.25, 0.3) is 0 Å². The number of hydrogen-bond acceptors (Lipinski definition) is 1. The molecule has 0 amide bonds. The van der Waals surface area contributed by atoms with E-state index in [1.54, 1.807) is 6.07 Å². The van der Waals surface area contributed by atoms with Gasteiger partial charge >= 0.3 is 0 Å². The maximum absolute atomic E-state index is 13.7. The standard InChI is InChI=1S/C17H20FN/c1-11-7-12(2)17(13(3)8-11)14-5-6-16(18)15(9-14)10-19-4/h5-9,19H,10H2,1-4H3. The quantitative estimate of drug-likeness (QED) is 0.871. The normalized spacial score (nSPS) is 10.8. The van der Waals surface area contributed by atoms with Crippen molar-refractivity contribution in [3.8, 4) is 11.1 Å². The molecular formula is C17H20FN. The van der Waals surface area contributed by atoms with Gasteiger partial charge < -0.3 is 5.32 Å². The molecular weight excluding hydrogens is 237 g/mol. The fraction of sp³-hybridized carbons (Fsp3) is 0.294. The molecule has 2 aromatic rings. The first-order valence-electron chi connectivity index (χ1n) is 6.54. The minimum absolute atomic E-state index is 0.152. The molecule has 2 rings (SSSR count). The number of benzene rings is 2. The molecule has 0 aliphatic rings. The fourth-order valence-electron chi connectivity index (χ4n) is 2.69. The van der Waals surface area contributed by atoms with Crippen LogP contribution in [0.25, 0.3) is 11.1 Å². The summed E-state index contributed by atoms with van der Waals surface area (Å²) in [4.78, 5) is 0. The Labute approximate surface area is 114 Å². The van der Waals surface area contributed by atoms with Crippen molar-refractivity contribution in [1.29, 1.82) is 0 Å². The van der Waals surface area contributed by atoms with E-state index in [2.05, 4.69) is 38.2 Å². The van der Waals surface area contributed by atoms with Gasteiger partial charge in [-0.15, -0.1) is 0 Å². The molecule has 0 aliphatic carbocycles. The van der Waals surface area contributed by atoms with E-state index in [-0.39, 0.29) is 5.82 Å². The smallest absolute Gasteiger partial charge is 0.127 e. The van der Waals surface area contributed by atoms with Crippen molar-refractivity contribution in [2.45, 2.75) is 27.3 Å². The third kappa shape index (κ3) is 2.85. The molecule has 0 radical (unpaired) electrons. The van der Waals surface area contributed by atoms with Gasteiger partial charge in [0.15, 0.2) is 0 Å². The highest BCUT2D eigenvalue weighted by Crippen LogP contribution is 2.29. The van der Waals surface area contributed by atoms with Crippen LogP contribution in [-0.2, 0) is 6.54 Å². The summed E-state index contributed by atoms with van der Waals surface area (Å²) in [6, 6.07) is 9.70. The molecule has 2 heteroatoms. The second-order valence-corrected chi connectivity index (χ2v) is 5.11. The van der Waals surface area contributed by atoms with Crippen LogP contribution in [0.15, 0.2) is 30.3 Å². The minimum Gasteiger partial charge on any atom is -0.316 e. The van der Waals surface area contributed by atoms with Gasteiger partial charge in [-0.3, -0.25) is 0 Å². The highest BCUT2D eigenvalue weighted by Gasteiger charge is 2.09. The van der Waals surface area contributed by atoms with Crippen molar-refractivity contribution >= 4 is 0 Å². The molecule has 0 atom stereocenters. The first-order valence-corrected chi connectivity index (χ1v) is 6.54. The van der Waals surface area contributed by atoms with Crippen molar-refractivity contribution < 1.29 is 4.39 Å². The van der Waals surface area contributed by atoms with Gasteiger partial charge in [0.2, 0.25) is 0 Å². The average molecular weight is 257 g/mol. The Balaban J connectivity index is 2.56. The van der Waals surface area contributed by atoms with E-state index in [9.17, 15) is 4.39 Å². The van der Waals surface area contributed by atoms with Crippen LogP contribution in [0.1, 0.15) is 22.3 Å². The lowest BCUT2D eigenvalue weighted by Gasteiger charge is -2.13. The van der Waals surface area contributed by atoms with Crippen LogP contribution in [0.3, 0.4) is 0 Å². The Hall–Kier alpha value is -1.67. The van der Waals surface area contributed by atoms with Gasteiger partial charge in [-0.05, 0) is 62.2 Å². The summed E-state index contributed by atoms with van der Waals surface area (Å²) in [7, 11) is 1.83. The van der Waals surface area contributed by atoms with Gasteiger partial charge in [-0.2, -0.15) is 0 Å². The molecule has 19 heavy (non-hydrogen) atoms. The summed E-state index contributed by atoms with van der Waals surface area (Å²) < 4.78 is 13.7.